The molecule has 0 aliphatic rings. The predicted octanol–water partition coefficient (Wildman–Crippen LogP) is 4.28. The average molecular weight is 478 g/mol. The largest absolute Gasteiger partial charge is 0.493 e. The van der Waals surface area contributed by atoms with Gasteiger partial charge in [-0.25, -0.2) is 15.0 Å². The number of methoxy groups -OCH3 is 2. The van der Waals surface area contributed by atoms with Crippen molar-refractivity contribution in [3.8, 4) is 34.3 Å². The van der Waals surface area contributed by atoms with Crippen molar-refractivity contribution in [3.05, 3.63) is 53.2 Å². The summed E-state index contributed by atoms with van der Waals surface area (Å²) in [6, 6.07) is 9.36. The summed E-state index contributed by atoms with van der Waals surface area (Å²) in [5, 5.41) is 8.51. The van der Waals surface area contributed by atoms with Crippen LogP contribution in [0.2, 0.25) is 0 Å². The van der Waals surface area contributed by atoms with Gasteiger partial charge < -0.3 is 24.9 Å². The normalized spacial score (nSPS) is 11.1. The molecule has 0 aliphatic heterocycles. The smallest absolute Gasteiger partial charge is 0.226 e. The van der Waals surface area contributed by atoms with Crippen molar-refractivity contribution in [2.75, 3.05) is 25.3 Å². The average Bonchev–Trinajstić information content (AvgIpc) is 3.61. The molecule has 3 N–H and O–H groups in total. The molecule has 5 aromatic rings. The minimum Gasteiger partial charge on any atom is -0.493 e. The summed E-state index contributed by atoms with van der Waals surface area (Å²) in [5.41, 5.74) is 9.13. The molecular weight excluding hydrogens is 454 g/mol. The Hall–Kier alpha value is -4.12. The molecular formula is C23H23N7O3S. The summed E-state index contributed by atoms with van der Waals surface area (Å²) in [4.78, 5) is 15.0. The number of anilines is 2. The molecule has 4 aromatic heterocycles. The maximum Gasteiger partial charge on any atom is 0.226 e. The number of aromatic nitrogens is 5. The number of rotatable bonds is 8. The Kier molecular flexibility index (Phi) is 5.76. The summed E-state index contributed by atoms with van der Waals surface area (Å²) in [7, 11) is 3.22. The Morgan fingerprint density at radius 3 is 2.74 bits per heavy atom. The Morgan fingerprint density at radius 2 is 2.00 bits per heavy atom. The lowest BCUT2D eigenvalue weighted by Crippen LogP contribution is -2.08. The van der Waals surface area contributed by atoms with Crippen LogP contribution in [0.1, 0.15) is 17.4 Å². The number of hydrogen-bond donors (Lipinski definition) is 2. The molecule has 1 aromatic carbocycles. The van der Waals surface area contributed by atoms with Crippen molar-refractivity contribution < 1.29 is 13.9 Å². The monoisotopic (exact) mass is 477 g/mol. The van der Waals surface area contributed by atoms with Crippen LogP contribution in [0.15, 0.2) is 47.2 Å². The molecule has 0 spiro atoms. The van der Waals surface area contributed by atoms with Gasteiger partial charge in [0.25, 0.3) is 0 Å². The molecule has 34 heavy (non-hydrogen) atoms. The fraction of sp³-hybridized carbons (Fsp3) is 0.217. The van der Waals surface area contributed by atoms with Crippen LogP contribution in [-0.2, 0) is 13.0 Å². The van der Waals surface area contributed by atoms with Crippen LogP contribution in [0.4, 0.5) is 11.1 Å². The zero-order chi connectivity index (χ0) is 23.7. The van der Waals surface area contributed by atoms with E-state index in [-0.39, 0.29) is 0 Å². The van der Waals surface area contributed by atoms with Gasteiger partial charge in [-0.05, 0) is 36.2 Å². The lowest BCUT2D eigenvalue weighted by molar-refractivity contribution is 0.354. The van der Waals surface area contributed by atoms with Crippen LogP contribution in [0.5, 0.6) is 11.5 Å². The first-order valence-electron chi connectivity index (χ1n) is 10.6. The number of benzene rings is 1. The quantitative estimate of drug-likeness (QED) is 0.337. The summed E-state index contributed by atoms with van der Waals surface area (Å²) in [6.07, 6.45) is 4.14. The van der Waals surface area contributed by atoms with Gasteiger partial charge in [-0.2, -0.15) is 4.52 Å². The molecule has 0 amide bonds. The number of fused-ring (bicyclic) bond motifs is 1. The lowest BCUT2D eigenvalue weighted by Gasteiger charge is -2.11. The summed E-state index contributed by atoms with van der Waals surface area (Å²) < 4.78 is 17.9. The van der Waals surface area contributed by atoms with E-state index < -0.39 is 0 Å². The van der Waals surface area contributed by atoms with Gasteiger partial charge in [0, 0.05) is 17.6 Å². The maximum atomic E-state index is 6.00. The highest BCUT2D eigenvalue weighted by Gasteiger charge is 2.20. The number of furan rings is 1. The van der Waals surface area contributed by atoms with Crippen molar-refractivity contribution in [2.24, 2.45) is 0 Å². The molecule has 0 atom stereocenters. The third-order valence-corrected chi connectivity index (χ3v) is 6.32. The highest BCUT2D eigenvalue weighted by atomic mass is 32.1. The van der Waals surface area contributed by atoms with E-state index in [0.29, 0.717) is 46.4 Å². The van der Waals surface area contributed by atoms with Crippen molar-refractivity contribution in [1.29, 1.82) is 0 Å². The highest BCUT2D eigenvalue weighted by Crippen LogP contribution is 2.34. The van der Waals surface area contributed by atoms with Gasteiger partial charge in [-0.3, -0.25) is 0 Å². The molecule has 0 bridgehead atoms. The molecule has 0 fully saturated rings. The van der Waals surface area contributed by atoms with E-state index in [9.17, 15) is 0 Å². The second-order valence-electron chi connectivity index (χ2n) is 7.36. The molecule has 0 aliphatic carbocycles. The van der Waals surface area contributed by atoms with E-state index in [0.717, 1.165) is 28.1 Å². The van der Waals surface area contributed by atoms with Crippen LogP contribution in [-0.4, -0.2) is 38.8 Å². The third kappa shape index (κ3) is 3.90. The maximum absolute atomic E-state index is 6.00. The number of nitrogens with zero attached hydrogens (tertiary/aromatic N) is 5. The summed E-state index contributed by atoms with van der Waals surface area (Å²) in [6.45, 7) is 2.56. The number of nitrogens with one attached hydrogen (secondary N) is 1. The van der Waals surface area contributed by atoms with Crippen LogP contribution in [0.25, 0.3) is 28.5 Å². The van der Waals surface area contributed by atoms with Gasteiger partial charge in [0.1, 0.15) is 0 Å². The van der Waals surface area contributed by atoms with E-state index in [1.165, 1.54) is 11.3 Å². The Morgan fingerprint density at radius 1 is 1.15 bits per heavy atom. The second kappa shape index (κ2) is 9.02. The van der Waals surface area contributed by atoms with E-state index >= 15 is 0 Å². The van der Waals surface area contributed by atoms with Crippen molar-refractivity contribution in [1.82, 2.24) is 24.6 Å². The van der Waals surface area contributed by atoms with Crippen molar-refractivity contribution >= 4 is 28.1 Å². The first-order chi connectivity index (χ1) is 16.6. The fourth-order valence-corrected chi connectivity index (χ4v) is 4.45. The molecule has 0 saturated heterocycles. The Labute approximate surface area is 199 Å². The molecule has 174 valence electrons. The standard InChI is InChI=1S/C23H23N7O3S/c1-4-18-19(27-22(24)34-18)14-12-26-23(25-11-13-7-8-15(31-2)17(10-13)32-3)30-21(14)28-20(29-30)16-6-5-9-33-16/h5-10,12H,4,11H2,1-3H3,(H2,24,27)(H,25,26). The number of nitrogen functional groups attached to an aromatic ring is 1. The molecule has 4 heterocycles. The van der Waals surface area contributed by atoms with E-state index in [4.69, 9.17) is 24.6 Å². The summed E-state index contributed by atoms with van der Waals surface area (Å²) >= 11 is 1.47. The van der Waals surface area contributed by atoms with Gasteiger partial charge in [0.2, 0.25) is 11.8 Å². The zero-order valence-corrected chi connectivity index (χ0v) is 19.7. The number of hydrogen-bond acceptors (Lipinski definition) is 10. The Balaban J connectivity index is 1.56. The van der Waals surface area contributed by atoms with E-state index in [1.807, 2.05) is 24.3 Å². The molecule has 0 radical (unpaired) electrons. The number of ether oxygens (including phenoxy) is 2. The number of nitrogens with two attached hydrogens (primary N) is 1. The van der Waals surface area contributed by atoms with E-state index in [2.05, 4.69) is 27.3 Å². The minimum atomic E-state index is 0.453. The third-order valence-electron chi connectivity index (χ3n) is 5.29. The minimum absolute atomic E-state index is 0.453. The number of aryl methyl sites for hydroxylation is 1. The zero-order valence-electron chi connectivity index (χ0n) is 18.9. The molecule has 5 rings (SSSR count). The van der Waals surface area contributed by atoms with Crippen molar-refractivity contribution in [3.63, 3.8) is 0 Å². The molecule has 11 heteroatoms. The molecule has 10 nitrogen and oxygen atoms in total. The fourth-order valence-electron chi connectivity index (χ4n) is 3.66. The summed E-state index contributed by atoms with van der Waals surface area (Å²) in [5.74, 6) is 2.87. The lowest BCUT2D eigenvalue weighted by atomic mass is 10.2. The number of thiazole rings is 1. The van der Waals surface area contributed by atoms with Gasteiger partial charge in [-0.15, -0.1) is 16.4 Å². The van der Waals surface area contributed by atoms with Crippen LogP contribution >= 0.6 is 11.3 Å². The van der Waals surface area contributed by atoms with Crippen LogP contribution in [0.3, 0.4) is 0 Å². The first-order valence-corrected chi connectivity index (χ1v) is 11.4. The first kappa shape index (κ1) is 21.7. The second-order valence-corrected chi connectivity index (χ2v) is 8.48. The van der Waals surface area contributed by atoms with Gasteiger partial charge in [0.05, 0.1) is 31.7 Å². The van der Waals surface area contributed by atoms with Gasteiger partial charge in [0.15, 0.2) is 28.0 Å². The SMILES string of the molecule is CCc1sc(N)nc1-c1cnc(NCc2ccc(OC)c(OC)c2)n2nc(-c3ccco3)nc12. The van der Waals surface area contributed by atoms with Crippen LogP contribution < -0.4 is 20.5 Å². The van der Waals surface area contributed by atoms with Crippen LogP contribution in [0, 0.1) is 0 Å². The van der Waals surface area contributed by atoms with E-state index in [1.54, 1.807) is 37.3 Å². The highest BCUT2D eigenvalue weighted by molar-refractivity contribution is 7.15. The molecule has 0 saturated carbocycles. The predicted molar refractivity (Wildman–Crippen MR) is 130 cm³/mol. The Bertz CT molecular complexity index is 1440. The topological polar surface area (TPSA) is 126 Å². The van der Waals surface area contributed by atoms with Gasteiger partial charge >= 0.3 is 0 Å². The van der Waals surface area contributed by atoms with Gasteiger partial charge in [-0.1, -0.05) is 13.0 Å². The van der Waals surface area contributed by atoms with Crippen molar-refractivity contribution in [2.45, 2.75) is 19.9 Å². The molecule has 0 unspecified atom stereocenters.